The second-order valence-electron chi connectivity index (χ2n) is 5.99. The highest BCUT2D eigenvalue weighted by molar-refractivity contribution is 6.32. The number of nitrogens with zero attached hydrogens (tertiary/aromatic N) is 2. The lowest BCUT2D eigenvalue weighted by Crippen LogP contribution is -2.42. The monoisotopic (exact) mass is 323 g/mol. The molecule has 0 fully saturated rings. The first-order valence-electron chi connectivity index (χ1n) is 6.97. The number of hydrogen-bond donors (Lipinski definition) is 1. The van der Waals surface area contributed by atoms with Crippen molar-refractivity contribution in [3.63, 3.8) is 0 Å². The van der Waals surface area contributed by atoms with Crippen molar-refractivity contribution in [1.82, 2.24) is 10.2 Å². The van der Waals surface area contributed by atoms with Gasteiger partial charge in [-0.05, 0) is 33.9 Å². The van der Waals surface area contributed by atoms with Crippen LogP contribution in [-0.2, 0) is 0 Å². The number of carbonyl (C=O) groups excluding carboxylic acids is 1. The van der Waals surface area contributed by atoms with E-state index in [1.54, 1.807) is 0 Å². The van der Waals surface area contributed by atoms with Crippen LogP contribution in [0.1, 0.15) is 36.7 Å². The van der Waals surface area contributed by atoms with E-state index >= 15 is 0 Å². The van der Waals surface area contributed by atoms with E-state index < -0.39 is 0 Å². The minimum Gasteiger partial charge on any atom is -0.496 e. The van der Waals surface area contributed by atoms with Crippen LogP contribution in [0.5, 0.6) is 5.75 Å². The highest BCUT2D eigenvalue weighted by Gasteiger charge is 2.18. The summed E-state index contributed by atoms with van der Waals surface area (Å²) in [4.78, 5) is 14.4. The van der Waals surface area contributed by atoms with Gasteiger partial charge in [-0.15, -0.1) is 0 Å². The molecule has 0 saturated heterocycles. The fourth-order valence-corrected chi connectivity index (χ4v) is 1.95. The van der Waals surface area contributed by atoms with E-state index in [0.29, 0.717) is 17.9 Å². The maximum absolute atomic E-state index is 12.3. The minimum absolute atomic E-state index is 0.0384. The molecule has 0 heterocycles. The summed E-state index contributed by atoms with van der Waals surface area (Å²) >= 11 is 5.94. The van der Waals surface area contributed by atoms with Gasteiger partial charge in [0.05, 0.1) is 23.3 Å². The molecule has 0 aromatic heterocycles. The number of likely N-dealkylation sites (N-methyl/N-ethyl adjacent to an activating group) is 1. The van der Waals surface area contributed by atoms with E-state index in [0.717, 1.165) is 6.54 Å². The van der Waals surface area contributed by atoms with Crippen molar-refractivity contribution < 1.29 is 9.53 Å². The lowest BCUT2D eigenvalue weighted by molar-refractivity contribution is 0.0937. The molecule has 1 N–H and O–H groups in total. The van der Waals surface area contributed by atoms with E-state index in [1.165, 1.54) is 19.2 Å². The number of methoxy groups -OCH3 is 1. The molecule has 0 spiro atoms. The molecule has 0 radical (unpaired) electrons. The predicted molar refractivity (Wildman–Crippen MR) is 87.4 cm³/mol. The van der Waals surface area contributed by atoms with Gasteiger partial charge in [0.25, 0.3) is 5.91 Å². The van der Waals surface area contributed by atoms with Gasteiger partial charge in [0, 0.05) is 24.7 Å². The fraction of sp³-hybridized carbons (Fsp3) is 0.500. The van der Waals surface area contributed by atoms with Crippen LogP contribution in [0.25, 0.3) is 0 Å². The number of carbonyl (C=O) groups is 1. The second-order valence-corrected chi connectivity index (χ2v) is 6.40. The lowest BCUT2D eigenvalue weighted by atomic mass is 10.1. The highest BCUT2D eigenvalue weighted by atomic mass is 35.5. The van der Waals surface area contributed by atoms with E-state index in [9.17, 15) is 4.79 Å². The molecule has 120 valence electrons. The Labute approximate surface area is 136 Å². The predicted octanol–water partition coefficient (Wildman–Crippen LogP) is 2.68. The number of nitriles is 1. The molecule has 0 saturated carbocycles. The van der Waals surface area contributed by atoms with Crippen molar-refractivity contribution >= 4 is 17.5 Å². The average Bonchev–Trinajstić information content (AvgIpc) is 2.45. The molecule has 0 aliphatic rings. The van der Waals surface area contributed by atoms with E-state index in [1.807, 2.05) is 13.1 Å². The molecule has 0 atom stereocenters. The van der Waals surface area contributed by atoms with Crippen molar-refractivity contribution in [2.75, 3.05) is 27.2 Å². The SMILES string of the molecule is COc1cc(Cl)c(C#N)cc1C(=O)NCCN(C)C(C)(C)C. The Morgan fingerprint density at radius 1 is 1.45 bits per heavy atom. The van der Waals surface area contributed by atoms with Crippen LogP contribution in [0.4, 0.5) is 0 Å². The zero-order chi connectivity index (χ0) is 16.9. The van der Waals surface area contributed by atoms with Crippen LogP contribution in [0.2, 0.25) is 5.02 Å². The molecule has 1 amide bonds. The standard InChI is InChI=1S/C16H22ClN3O2/c1-16(2,3)20(4)7-6-19-15(21)12-8-11(10-18)13(17)9-14(12)22-5/h8-9H,6-7H2,1-5H3,(H,19,21). The van der Waals surface area contributed by atoms with Crippen LogP contribution in [0.3, 0.4) is 0 Å². The summed E-state index contributed by atoms with van der Waals surface area (Å²) in [6.45, 7) is 7.54. The molecule has 1 aromatic rings. The van der Waals surface area contributed by atoms with Crippen molar-refractivity contribution in [1.29, 1.82) is 5.26 Å². The average molecular weight is 324 g/mol. The third-order valence-electron chi connectivity index (χ3n) is 3.53. The number of hydrogen-bond acceptors (Lipinski definition) is 4. The Morgan fingerprint density at radius 3 is 2.59 bits per heavy atom. The number of rotatable bonds is 5. The minimum atomic E-state index is -0.285. The third-order valence-corrected chi connectivity index (χ3v) is 3.84. The molecule has 0 unspecified atom stereocenters. The van der Waals surface area contributed by atoms with Crippen molar-refractivity contribution in [3.8, 4) is 11.8 Å². The fourth-order valence-electron chi connectivity index (χ4n) is 1.75. The van der Waals surface area contributed by atoms with E-state index in [4.69, 9.17) is 21.6 Å². The van der Waals surface area contributed by atoms with Gasteiger partial charge in [-0.2, -0.15) is 5.26 Å². The van der Waals surface area contributed by atoms with Gasteiger partial charge in [0.2, 0.25) is 0 Å². The Balaban J connectivity index is 2.80. The van der Waals surface area contributed by atoms with Crippen molar-refractivity contribution in [2.24, 2.45) is 0 Å². The summed E-state index contributed by atoms with van der Waals surface area (Å²) < 4.78 is 5.16. The van der Waals surface area contributed by atoms with Crippen LogP contribution < -0.4 is 10.1 Å². The third kappa shape index (κ3) is 4.62. The zero-order valence-corrected chi connectivity index (χ0v) is 14.4. The highest BCUT2D eigenvalue weighted by Crippen LogP contribution is 2.26. The van der Waals surface area contributed by atoms with Crippen molar-refractivity contribution in [3.05, 3.63) is 28.3 Å². The molecular weight excluding hydrogens is 302 g/mol. The lowest BCUT2D eigenvalue weighted by Gasteiger charge is -2.31. The van der Waals surface area contributed by atoms with Crippen LogP contribution >= 0.6 is 11.6 Å². The van der Waals surface area contributed by atoms with Crippen LogP contribution in [0.15, 0.2) is 12.1 Å². The summed E-state index contributed by atoms with van der Waals surface area (Å²) in [6.07, 6.45) is 0. The topological polar surface area (TPSA) is 65.4 Å². The number of amides is 1. The summed E-state index contributed by atoms with van der Waals surface area (Å²) in [7, 11) is 3.46. The first-order chi connectivity index (χ1) is 10.2. The Bertz CT molecular complexity index is 588. The van der Waals surface area contributed by atoms with Gasteiger partial charge in [-0.1, -0.05) is 11.6 Å². The van der Waals surface area contributed by atoms with Gasteiger partial charge in [-0.25, -0.2) is 0 Å². The van der Waals surface area contributed by atoms with E-state index in [-0.39, 0.29) is 22.0 Å². The number of ether oxygens (including phenoxy) is 1. The molecule has 5 nitrogen and oxygen atoms in total. The smallest absolute Gasteiger partial charge is 0.255 e. The summed E-state index contributed by atoms with van der Waals surface area (Å²) in [5.41, 5.74) is 0.595. The second kappa shape index (κ2) is 7.48. The Morgan fingerprint density at radius 2 is 2.09 bits per heavy atom. The number of benzene rings is 1. The van der Waals surface area contributed by atoms with E-state index in [2.05, 4.69) is 31.0 Å². The molecule has 0 aliphatic carbocycles. The summed E-state index contributed by atoms with van der Waals surface area (Å²) in [5, 5.41) is 12.1. The summed E-state index contributed by atoms with van der Waals surface area (Å²) in [5.74, 6) is 0.0676. The first kappa shape index (κ1) is 18.3. The zero-order valence-electron chi connectivity index (χ0n) is 13.7. The Kier molecular flexibility index (Phi) is 6.21. The first-order valence-corrected chi connectivity index (χ1v) is 7.35. The number of nitrogens with one attached hydrogen (secondary N) is 1. The largest absolute Gasteiger partial charge is 0.496 e. The maximum atomic E-state index is 12.3. The van der Waals surface area contributed by atoms with Crippen LogP contribution in [0, 0.1) is 11.3 Å². The van der Waals surface area contributed by atoms with Gasteiger partial charge < -0.3 is 10.1 Å². The molecule has 0 bridgehead atoms. The quantitative estimate of drug-likeness (QED) is 0.904. The maximum Gasteiger partial charge on any atom is 0.255 e. The molecule has 1 rings (SSSR count). The molecule has 0 aliphatic heterocycles. The Hall–Kier alpha value is -1.77. The normalized spacial score (nSPS) is 11.2. The van der Waals surface area contributed by atoms with Gasteiger partial charge in [-0.3, -0.25) is 9.69 Å². The van der Waals surface area contributed by atoms with Crippen LogP contribution in [-0.4, -0.2) is 43.6 Å². The molecular formula is C16H22ClN3O2. The molecule has 6 heteroatoms. The van der Waals surface area contributed by atoms with Gasteiger partial charge >= 0.3 is 0 Å². The number of halogens is 1. The van der Waals surface area contributed by atoms with Gasteiger partial charge in [0.15, 0.2) is 0 Å². The van der Waals surface area contributed by atoms with Gasteiger partial charge in [0.1, 0.15) is 11.8 Å². The summed E-state index contributed by atoms with van der Waals surface area (Å²) in [6, 6.07) is 4.89. The molecule has 1 aromatic carbocycles. The molecule has 22 heavy (non-hydrogen) atoms. The van der Waals surface area contributed by atoms with Crippen molar-refractivity contribution in [2.45, 2.75) is 26.3 Å².